The Morgan fingerprint density at radius 2 is 2.18 bits per heavy atom. The molecule has 5 nitrogen and oxygen atoms in total. The quantitative estimate of drug-likeness (QED) is 0.733. The molecule has 0 unspecified atom stereocenters. The minimum Gasteiger partial charge on any atom is -0.463 e. The van der Waals surface area contributed by atoms with Crippen LogP contribution in [0.4, 0.5) is 4.39 Å². The average Bonchev–Trinajstić information content (AvgIpc) is 2.96. The number of fused-ring (bicyclic) bond motifs is 1. The lowest BCUT2D eigenvalue weighted by molar-refractivity contribution is 0.380. The molecule has 0 fully saturated rings. The number of nitrogens with two attached hydrogens (primary N) is 1. The van der Waals surface area contributed by atoms with E-state index in [0.717, 1.165) is 5.39 Å². The summed E-state index contributed by atoms with van der Waals surface area (Å²) in [5, 5.41) is 4.46. The van der Waals surface area contributed by atoms with Gasteiger partial charge in [0.1, 0.15) is 17.0 Å². The summed E-state index contributed by atoms with van der Waals surface area (Å²) in [6.45, 7) is 0.114. The highest BCUT2D eigenvalue weighted by atomic mass is 19.1. The molecule has 0 aliphatic rings. The van der Waals surface area contributed by atoms with Gasteiger partial charge < -0.3 is 14.7 Å². The van der Waals surface area contributed by atoms with Crippen LogP contribution in [0, 0.1) is 5.82 Å². The van der Waals surface area contributed by atoms with E-state index < -0.39 is 5.82 Å². The Balaban J connectivity index is 2.27. The van der Waals surface area contributed by atoms with E-state index in [0.29, 0.717) is 5.58 Å². The van der Waals surface area contributed by atoms with Gasteiger partial charge in [0.05, 0.1) is 12.8 Å². The first kappa shape index (κ1) is 9.98. The molecule has 0 saturated carbocycles. The van der Waals surface area contributed by atoms with E-state index in [1.54, 1.807) is 12.1 Å². The second-order valence-electron chi connectivity index (χ2n) is 3.48. The molecule has 0 aliphatic carbocycles. The second kappa shape index (κ2) is 3.67. The van der Waals surface area contributed by atoms with E-state index in [9.17, 15) is 4.39 Å². The Labute approximate surface area is 95.0 Å². The number of nitrogens with zero attached hydrogens (tertiary/aromatic N) is 2. The number of halogens is 1. The molecule has 0 spiro atoms. The zero-order valence-corrected chi connectivity index (χ0v) is 8.68. The van der Waals surface area contributed by atoms with E-state index >= 15 is 0 Å². The van der Waals surface area contributed by atoms with Crippen LogP contribution in [0.2, 0.25) is 0 Å². The van der Waals surface area contributed by atoms with Crippen molar-refractivity contribution in [1.82, 2.24) is 10.1 Å². The van der Waals surface area contributed by atoms with Gasteiger partial charge in [-0.15, -0.1) is 0 Å². The molecule has 0 amide bonds. The standard InChI is InChI=1S/C11H8FN3O2/c12-7-2-1-6-3-4-16-10(6)9(7)11-14-8(5-13)17-15-11/h1-4H,5,13H2. The molecule has 86 valence electrons. The molecule has 3 aromatic rings. The van der Waals surface area contributed by atoms with Crippen LogP contribution in [0.3, 0.4) is 0 Å². The first-order valence-electron chi connectivity index (χ1n) is 4.98. The second-order valence-corrected chi connectivity index (χ2v) is 3.48. The maximum atomic E-state index is 13.8. The van der Waals surface area contributed by atoms with E-state index in [1.165, 1.54) is 12.3 Å². The van der Waals surface area contributed by atoms with Crippen molar-refractivity contribution < 1.29 is 13.3 Å². The number of aromatic nitrogens is 2. The van der Waals surface area contributed by atoms with Gasteiger partial charge in [0, 0.05) is 5.39 Å². The summed E-state index contributed by atoms with van der Waals surface area (Å²) in [6.07, 6.45) is 1.48. The molecule has 1 aromatic carbocycles. The third kappa shape index (κ3) is 1.50. The zero-order valence-electron chi connectivity index (χ0n) is 8.68. The molecule has 6 heteroatoms. The van der Waals surface area contributed by atoms with Gasteiger partial charge in [-0.2, -0.15) is 4.98 Å². The lowest BCUT2D eigenvalue weighted by Crippen LogP contribution is -1.96. The van der Waals surface area contributed by atoms with Gasteiger partial charge in [-0.1, -0.05) is 5.16 Å². The average molecular weight is 233 g/mol. The van der Waals surface area contributed by atoms with Gasteiger partial charge >= 0.3 is 0 Å². The van der Waals surface area contributed by atoms with Crippen LogP contribution < -0.4 is 5.73 Å². The van der Waals surface area contributed by atoms with E-state index in [2.05, 4.69) is 10.1 Å². The summed E-state index contributed by atoms with van der Waals surface area (Å²) in [5.41, 5.74) is 5.95. The molecule has 2 N–H and O–H groups in total. The molecule has 0 radical (unpaired) electrons. The van der Waals surface area contributed by atoms with Crippen molar-refractivity contribution in [3.8, 4) is 11.4 Å². The molecular formula is C11H8FN3O2. The first-order valence-corrected chi connectivity index (χ1v) is 4.98. The highest BCUT2D eigenvalue weighted by Crippen LogP contribution is 2.30. The molecular weight excluding hydrogens is 225 g/mol. The van der Waals surface area contributed by atoms with Gasteiger partial charge in [-0.25, -0.2) is 4.39 Å². The lowest BCUT2D eigenvalue weighted by Gasteiger charge is -1.98. The Morgan fingerprint density at radius 3 is 2.94 bits per heavy atom. The van der Waals surface area contributed by atoms with Crippen molar-refractivity contribution in [2.24, 2.45) is 5.73 Å². The molecule has 0 atom stereocenters. The third-order valence-electron chi connectivity index (χ3n) is 2.44. The molecule has 3 rings (SSSR count). The van der Waals surface area contributed by atoms with Gasteiger partial charge in [-0.3, -0.25) is 0 Å². The SMILES string of the molecule is NCc1nc(-c2c(F)ccc3ccoc23)no1. The van der Waals surface area contributed by atoms with E-state index in [4.69, 9.17) is 14.7 Å². The summed E-state index contributed by atoms with van der Waals surface area (Å²) in [5.74, 6) is -0.0664. The maximum Gasteiger partial charge on any atom is 0.240 e. The number of hydrogen-bond donors (Lipinski definition) is 1. The summed E-state index contributed by atoms with van der Waals surface area (Å²) < 4.78 is 23.9. The van der Waals surface area contributed by atoms with Crippen molar-refractivity contribution in [3.63, 3.8) is 0 Å². The van der Waals surface area contributed by atoms with Gasteiger partial charge in [0.25, 0.3) is 0 Å². The normalized spacial score (nSPS) is 11.2. The number of benzene rings is 1. The molecule has 17 heavy (non-hydrogen) atoms. The third-order valence-corrected chi connectivity index (χ3v) is 2.44. The van der Waals surface area contributed by atoms with E-state index in [-0.39, 0.29) is 23.8 Å². The fourth-order valence-corrected chi connectivity index (χ4v) is 1.66. The highest BCUT2D eigenvalue weighted by Gasteiger charge is 2.17. The van der Waals surface area contributed by atoms with Crippen molar-refractivity contribution in [2.75, 3.05) is 0 Å². The number of furan rings is 1. The largest absolute Gasteiger partial charge is 0.463 e. The van der Waals surface area contributed by atoms with Gasteiger partial charge in [0.2, 0.25) is 11.7 Å². The van der Waals surface area contributed by atoms with Crippen molar-refractivity contribution in [1.29, 1.82) is 0 Å². The Kier molecular flexibility index (Phi) is 2.15. The molecule has 0 aliphatic heterocycles. The predicted molar refractivity (Wildman–Crippen MR) is 57.4 cm³/mol. The molecule has 2 aromatic heterocycles. The Hall–Kier alpha value is -2.21. The smallest absolute Gasteiger partial charge is 0.240 e. The first-order chi connectivity index (χ1) is 8.29. The fourth-order valence-electron chi connectivity index (χ4n) is 1.66. The maximum absolute atomic E-state index is 13.8. The minimum absolute atomic E-state index is 0.114. The number of hydrogen-bond acceptors (Lipinski definition) is 5. The number of rotatable bonds is 2. The molecule has 0 bridgehead atoms. The topological polar surface area (TPSA) is 78.1 Å². The van der Waals surface area contributed by atoms with Crippen LogP contribution in [0.25, 0.3) is 22.4 Å². The van der Waals surface area contributed by atoms with Gasteiger partial charge in [-0.05, 0) is 18.2 Å². The summed E-state index contributed by atoms with van der Waals surface area (Å²) in [6, 6.07) is 4.70. The summed E-state index contributed by atoms with van der Waals surface area (Å²) in [4.78, 5) is 3.99. The predicted octanol–water partition coefficient (Wildman–Crippen LogP) is 2.08. The van der Waals surface area contributed by atoms with Crippen LogP contribution in [-0.2, 0) is 6.54 Å². The highest BCUT2D eigenvalue weighted by molar-refractivity contribution is 5.90. The van der Waals surface area contributed by atoms with E-state index in [1.807, 2.05) is 0 Å². The van der Waals surface area contributed by atoms with Crippen LogP contribution in [0.5, 0.6) is 0 Å². The lowest BCUT2D eigenvalue weighted by atomic mass is 10.1. The van der Waals surface area contributed by atoms with Crippen LogP contribution in [0.15, 0.2) is 33.4 Å². The summed E-state index contributed by atoms with van der Waals surface area (Å²) >= 11 is 0. The van der Waals surface area contributed by atoms with Gasteiger partial charge in [0.15, 0.2) is 0 Å². The zero-order chi connectivity index (χ0) is 11.8. The molecule has 2 heterocycles. The van der Waals surface area contributed by atoms with Crippen molar-refractivity contribution in [3.05, 3.63) is 36.2 Å². The minimum atomic E-state index is -0.461. The van der Waals surface area contributed by atoms with Crippen LogP contribution >= 0.6 is 0 Å². The fraction of sp³-hybridized carbons (Fsp3) is 0.0909. The monoisotopic (exact) mass is 233 g/mol. The van der Waals surface area contributed by atoms with Crippen molar-refractivity contribution >= 4 is 11.0 Å². The van der Waals surface area contributed by atoms with Crippen molar-refractivity contribution in [2.45, 2.75) is 6.54 Å². The van der Waals surface area contributed by atoms with Crippen LogP contribution in [-0.4, -0.2) is 10.1 Å². The Bertz CT molecular complexity index is 674. The summed E-state index contributed by atoms with van der Waals surface area (Å²) in [7, 11) is 0. The van der Waals surface area contributed by atoms with Crippen LogP contribution in [0.1, 0.15) is 5.89 Å². The molecule has 0 saturated heterocycles. The Morgan fingerprint density at radius 1 is 1.29 bits per heavy atom.